The molecule has 0 aliphatic heterocycles. The van der Waals surface area contributed by atoms with E-state index in [0.717, 1.165) is 0 Å². The molecule has 0 spiro atoms. The molecule has 0 fully saturated rings. The summed E-state index contributed by atoms with van der Waals surface area (Å²) >= 11 is 3.32. The van der Waals surface area contributed by atoms with E-state index in [1.807, 2.05) is 0 Å². The van der Waals surface area contributed by atoms with Gasteiger partial charge in [0.2, 0.25) is 0 Å². The Bertz CT molecular complexity index is 654. The third-order valence-electron chi connectivity index (χ3n) is 2.48. The number of halogens is 1. The van der Waals surface area contributed by atoms with Crippen LogP contribution in [-0.2, 0) is 14.1 Å². The molecule has 2 aromatic rings. The third-order valence-corrected chi connectivity index (χ3v) is 3.06. The molecule has 0 unspecified atom stereocenters. The fraction of sp³-hybridized carbons (Fsp3) is 0.200. The molecule has 0 atom stereocenters. The number of fused-ring (bicyclic) bond motifs is 1. The van der Waals surface area contributed by atoms with Gasteiger partial charge in [-0.3, -0.25) is 4.79 Å². The van der Waals surface area contributed by atoms with E-state index in [0.29, 0.717) is 9.99 Å². The lowest BCUT2D eigenvalue weighted by Crippen LogP contribution is -2.17. The van der Waals surface area contributed by atoms with E-state index in [2.05, 4.69) is 15.9 Å². The van der Waals surface area contributed by atoms with Crippen molar-refractivity contribution in [3.8, 4) is 0 Å². The minimum absolute atomic E-state index is 0.0272. The number of pyridine rings is 1. The van der Waals surface area contributed by atoms with Crippen LogP contribution in [-0.4, -0.2) is 20.2 Å². The van der Waals surface area contributed by atoms with Crippen molar-refractivity contribution in [1.29, 1.82) is 0 Å². The van der Waals surface area contributed by atoms with Gasteiger partial charge >= 0.3 is 5.97 Å². The van der Waals surface area contributed by atoms with Gasteiger partial charge in [-0.25, -0.2) is 4.79 Å². The maximum Gasteiger partial charge on any atom is 0.338 e. The zero-order valence-electron chi connectivity index (χ0n) is 8.69. The molecule has 84 valence electrons. The van der Waals surface area contributed by atoms with Gasteiger partial charge in [-0.1, -0.05) is 0 Å². The van der Waals surface area contributed by atoms with Crippen molar-refractivity contribution in [3.05, 3.63) is 32.8 Å². The van der Waals surface area contributed by atoms with Crippen LogP contribution in [0.25, 0.3) is 10.9 Å². The summed E-state index contributed by atoms with van der Waals surface area (Å²) in [6.07, 6.45) is 3.06. The first-order chi connectivity index (χ1) is 7.43. The van der Waals surface area contributed by atoms with Gasteiger partial charge in [0.1, 0.15) is 0 Å². The van der Waals surface area contributed by atoms with Gasteiger partial charge < -0.3 is 14.2 Å². The van der Waals surface area contributed by atoms with E-state index in [1.54, 1.807) is 24.9 Å². The van der Waals surface area contributed by atoms with Crippen LogP contribution in [0, 0.1) is 0 Å². The van der Waals surface area contributed by atoms with Crippen molar-refractivity contribution >= 4 is 32.8 Å². The summed E-state index contributed by atoms with van der Waals surface area (Å²) in [6.45, 7) is 0. The minimum Gasteiger partial charge on any atom is -0.478 e. The highest BCUT2D eigenvalue weighted by molar-refractivity contribution is 9.10. The van der Waals surface area contributed by atoms with Crippen LogP contribution in [0.1, 0.15) is 10.4 Å². The van der Waals surface area contributed by atoms with Crippen LogP contribution < -0.4 is 5.56 Å². The molecule has 0 bridgehead atoms. The summed E-state index contributed by atoms with van der Waals surface area (Å²) in [4.78, 5) is 22.9. The summed E-state index contributed by atoms with van der Waals surface area (Å²) in [5.74, 6) is -1.10. The predicted octanol–water partition coefficient (Wildman–Crippen LogP) is 1.34. The van der Waals surface area contributed by atoms with Crippen LogP contribution >= 0.6 is 15.9 Å². The highest BCUT2D eigenvalue weighted by atomic mass is 79.9. The Morgan fingerprint density at radius 1 is 1.31 bits per heavy atom. The highest BCUT2D eigenvalue weighted by Gasteiger charge is 2.18. The van der Waals surface area contributed by atoms with Gasteiger partial charge in [-0.15, -0.1) is 0 Å². The zero-order valence-corrected chi connectivity index (χ0v) is 10.3. The Kier molecular flexibility index (Phi) is 2.38. The molecule has 0 aliphatic rings. The van der Waals surface area contributed by atoms with Gasteiger partial charge in [0.05, 0.1) is 20.9 Å². The van der Waals surface area contributed by atoms with Crippen LogP contribution in [0.5, 0.6) is 0 Å². The number of rotatable bonds is 1. The average molecular weight is 285 g/mol. The summed E-state index contributed by atoms with van der Waals surface area (Å²) < 4.78 is 3.68. The van der Waals surface area contributed by atoms with Crippen LogP contribution in [0.3, 0.4) is 0 Å². The van der Waals surface area contributed by atoms with Gasteiger partial charge in [0.15, 0.2) is 0 Å². The van der Waals surface area contributed by atoms with Crippen molar-refractivity contribution in [3.63, 3.8) is 0 Å². The SMILES string of the molecule is Cn1cc(Br)c2c(c(C(=O)O)cn2C)c1=O. The maximum absolute atomic E-state index is 11.9. The first-order valence-electron chi connectivity index (χ1n) is 4.51. The summed E-state index contributed by atoms with van der Waals surface area (Å²) in [7, 11) is 3.30. The Labute approximate surface area is 99.0 Å². The van der Waals surface area contributed by atoms with Crippen LogP contribution in [0.15, 0.2) is 21.7 Å². The number of carboxylic acid groups (broad SMARTS) is 1. The highest BCUT2D eigenvalue weighted by Crippen LogP contribution is 2.24. The number of hydrogen-bond acceptors (Lipinski definition) is 2. The van der Waals surface area contributed by atoms with Crippen molar-refractivity contribution in [2.24, 2.45) is 14.1 Å². The molecule has 6 heteroatoms. The molecule has 1 N–H and O–H groups in total. The van der Waals surface area contributed by atoms with Crippen molar-refractivity contribution in [2.75, 3.05) is 0 Å². The molecule has 2 aromatic heterocycles. The molecule has 0 aliphatic carbocycles. The Balaban J connectivity index is 3.09. The predicted molar refractivity (Wildman–Crippen MR) is 62.8 cm³/mol. The van der Waals surface area contributed by atoms with Gasteiger partial charge in [-0.2, -0.15) is 0 Å². The van der Waals surface area contributed by atoms with E-state index in [-0.39, 0.29) is 16.5 Å². The molecular formula is C10H9BrN2O3. The molecular weight excluding hydrogens is 276 g/mol. The molecule has 0 aromatic carbocycles. The average Bonchev–Trinajstić information content (AvgIpc) is 2.53. The number of aromatic nitrogens is 2. The Hall–Kier alpha value is -1.56. The molecule has 2 heterocycles. The quantitative estimate of drug-likeness (QED) is 0.860. The molecule has 0 radical (unpaired) electrons. The summed E-state index contributed by atoms with van der Waals surface area (Å²) in [5, 5.41) is 9.25. The Morgan fingerprint density at radius 3 is 2.50 bits per heavy atom. The lowest BCUT2D eigenvalue weighted by Gasteiger charge is -2.02. The smallest absolute Gasteiger partial charge is 0.338 e. The molecule has 5 nitrogen and oxygen atoms in total. The van der Waals surface area contributed by atoms with Crippen LogP contribution in [0.4, 0.5) is 0 Å². The second-order valence-electron chi connectivity index (χ2n) is 3.58. The van der Waals surface area contributed by atoms with Crippen LogP contribution in [0.2, 0.25) is 0 Å². The number of carbonyl (C=O) groups is 1. The largest absolute Gasteiger partial charge is 0.478 e. The second-order valence-corrected chi connectivity index (χ2v) is 4.43. The number of nitrogens with zero attached hydrogens (tertiary/aromatic N) is 2. The number of aromatic carboxylic acids is 1. The summed E-state index contributed by atoms with van der Waals surface area (Å²) in [5.41, 5.74) is 0.316. The van der Waals surface area contributed by atoms with E-state index >= 15 is 0 Å². The van der Waals surface area contributed by atoms with E-state index < -0.39 is 5.97 Å². The first-order valence-corrected chi connectivity index (χ1v) is 5.30. The first kappa shape index (κ1) is 10.9. The molecule has 16 heavy (non-hydrogen) atoms. The topological polar surface area (TPSA) is 64.2 Å². The maximum atomic E-state index is 11.9. The summed E-state index contributed by atoms with van der Waals surface area (Å²) in [6, 6.07) is 0. The lowest BCUT2D eigenvalue weighted by molar-refractivity contribution is 0.0698. The van der Waals surface area contributed by atoms with Crippen molar-refractivity contribution in [2.45, 2.75) is 0 Å². The van der Waals surface area contributed by atoms with E-state index in [4.69, 9.17) is 5.11 Å². The standard InChI is InChI=1S/C10H9BrN2O3/c1-12-3-5(10(15)16)7-8(12)6(11)4-13(2)9(7)14/h3-4H,1-2H3,(H,15,16). The molecule has 0 amide bonds. The molecule has 0 saturated heterocycles. The Morgan fingerprint density at radius 2 is 1.94 bits per heavy atom. The fourth-order valence-corrected chi connectivity index (χ4v) is 2.54. The second kappa shape index (κ2) is 3.48. The van der Waals surface area contributed by atoms with Crippen molar-refractivity contribution in [1.82, 2.24) is 9.13 Å². The van der Waals surface area contributed by atoms with Gasteiger partial charge in [0.25, 0.3) is 5.56 Å². The van der Waals surface area contributed by atoms with E-state index in [1.165, 1.54) is 10.8 Å². The number of aryl methyl sites for hydroxylation is 2. The monoisotopic (exact) mass is 284 g/mol. The van der Waals surface area contributed by atoms with Gasteiger partial charge in [0, 0.05) is 26.5 Å². The normalized spacial score (nSPS) is 10.9. The van der Waals surface area contributed by atoms with E-state index in [9.17, 15) is 9.59 Å². The van der Waals surface area contributed by atoms with Gasteiger partial charge in [-0.05, 0) is 15.9 Å². The lowest BCUT2D eigenvalue weighted by atomic mass is 10.2. The van der Waals surface area contributed by atoms with Crippen molar-refractivity contribution < 1.29 is 9.90 Å². The third kappa shape index (κ3) is 1.37. The minimum atomic E-state index is -1.10. The number of carboxylic acids is 1. The fourth-order valence-electron chi connectivity index (χ4n) is 1.76. The zero-order chi connectivity index (χ0) is 12.0. The molecule has 0 saturated carbocycles. The molecule has 2 rings (SSSR count). The number of hydrogen-bond donors (Lipinski definition) is 1.